The van der Waals surface area contributed by atoms with Gasteiger partial charge in [0.1, 0.15) is 12.3 Å². The molecule has 4 rings (SSSR count). The van der Waals surface area contributed by atoms with Crippen molar-refractivity contribution >= 4 is 11.9 Å². The molecule has 1 aliphatic heterocycles. The number of carbonyl (C=O) groups excluding carboxylic acids is 2. The Morgan fingerprint density at radius 1 is 1.07 bits per heavy atom. The van der Waals surface area contributed by atoms with Crippen LogP contribution in [0.5, 0.6) is 11.5 Å². The van der Waals surface area contributed by atoms with Crippen LogP contribution in [0.2, 0.25) is 0 Å². The van der Waals surface area contributed by atoms with E-state index in [0.29, 0.717) is 30.3 Å². The van der Waals surface area contributed by atoms with Crippen molar-refractivity contribution in [2.24, 2.45) is 0 Å². The Morgan fingerprint density at radius 3 is 2.55 bits per heavy atom. The van der Waals surface area contributed by atoms with Crippen LogP contribution >= 0.6 is 0 Å². The summed E-state index contributed by atoms with van der Waals surface area (Å²) in [5, 5.41) is 0. The summed E-state index contributed by atoms with van der Waals surface area (Å²) in [4.78, 5) is 30.6. The van der Waals surface area contributed by atoms with Crippen LogP contribution in [-0.4, -0.2) is 60.1 Å². The van der Waals surface area contributed by atoms with E-state index < -0.39 is 0 Å². The van der Waals surface area contributed by atoms with Gasteiger partial charge in [-0.05, 0) is 42.7 Å². The summed E-state index contributed by atoms with van der Waals surface area (Å²) >= 11 is 0. The molecule has 154 valence electrons. The summed E-state index contributed by atoms with van der Waals surface area (Å²) in [5.74, 6) is 1.95. The Balaban J connectivity index is 1.51. The van der Waals surface area contributed by atoms with E-state index in [1.54, 1.807) is 36.2 Å². The summed E-state index contributed by atoms with van der Waals surface area (Å²) in [6.45, 7) is 0.962. The SMILES string of the molecule is CN(C)C(=O)N(CC(=O)N(Cc1ccc2c(c1)OCO2)Cc1ccco1)C1CC1. The van der Waals surface area contributed by atoms with Crippen LogP contribution in [0.4, 0.5) is 4.79 Å². The van der Waals surface area contributed by atoms with E-state index >= 15 is 0 Å². The molecule has 0 spiro atoms. The van der Waals surface area contributed by atoms with Crippen molar-refractivity contribution in [3.63, 3.8) is 0 Å². The molecule has 1 fully saturated rings. The van der Waals surface area contributed by atoms with Gasteiger partial charge in [0, 0.05) is 26.7 Å². The fraction of sp³-hybridized carbons (Fsp3) is 0.429. The van der Waals surface area contributed by atoms with Gasteiger partial charge < -0.3 is 28.6 Å². The fourth-order valence-electron chi connectivity index (χ4n) is 3.32. The molecule has 0 bridgehead atoms. The molecule has 1 aliphatic carbocycles. The lowest BCUT2D eigenvalue weighted by molar-refractivity contribution is -0.133. The van der Waals surface area contributed by atoms with Crippen molar-refractivity contribution in [1.29, 1.82) is 0 Å². The number of furan rings is 1. The molecular weight excluding hydrogens is 374 g/mol. The van der Waals surface area contributed by atoms with E-state index in [1.165, 1.54) is 4.90 Å². The second-order valence-electron chi connectivity index (χ2n) is 7.55. The van der Waals surface area contributed by atoms with Gasteiger partial charge in [-0.3, -0.25) is 4.79 Å². The van der Waals surface area contributed by atoms with E-state index in [9.17, 15) is 9.59 Å². The second-order valence-corrected chi connectivity index (χ2v) is 7.55. The van der Waals surface area contributed by atoms with Gasteiger partial charge in [0.15, 0.2) is 11.5 Å². The lowest BCUT2D eigenvalue weighted by Crippen LogP contribution is -2.47. The van der Waals surface area contributed by atoms with Crippen molar-refractivity contribution in [1.82, 2.24) is 14.7 Å². The Morgan fingerprint density at radius 2 is 1.86 bits per heavy atom. The summed E-state index contributed by atoms with van der Waals surface area (Å²) in [6, 6.07) is 9.29. The van der Waals surface area contributed by atoms with Crippen LogP contribution in [-0.2, 0) is 17.9 Å². The number of amides is 3. The Bertz CT molecular complexity index is 876. The first-order chi connectivity index (χ1) is 14.0. The number of hydrogen-bond donors (Lipinski definition) is 0. The molecule has 3 amide bonds. The Labute approximate surface area is 169 Å². The van der Waals surface area contributed by atoms with Crippen LogP contribution in [0.15, 0.2) is 41.0 Å². The molecule has 2 aliphatic rings. The summed E-state index contributed by atoms with van der Waals surface area (Å²) in [5.41, 5.74) is 0.922. The molecule has 8 heteroatoms. The first-order valence-corrected chi connectivity index (χ1v) is 9.68. The number of benzene rings is 1. The molecule has 0 N–H and O–H groups in total. The normalized spacial score (nSPS) is 14.6. The van der Waals surface area contributed by atoms with Gasteiger partial charge in [-0.2, -0.15) is 0 Å². The number of hydrogen-bond acceptors (Lipinski definition) is 5. The van der Waals surface area contributed by atoms with E-state index in [-0.39, 0.29) is 31.3 Å². The number of urea groups is 1. The van der Waals surface area contributed by atoms with Crippen LogP contribution < -0.4 is 9.47 Å². The zero-order valence-electron chi connectivity index (χ0n) is 16.7. The second kappa shape index (κ2) is 8.06. The predicted octanol–water partition coefficient (Wildman–Crippen LogP) is 2.68. The molecule has 8 nitrogen and oxygen atoms in total. The van der Waals surface area contributed by atoms with Crippen molar-refractivity contribution in [2.45, 2.75) is 32.0 Å². The quantitative estimate of drug-likeness (QED) is 0.716. The van der Waals surface area contributed by atoms with Gasteiger partial charge in [-0.25, -0.2) is 4.79 Å². The summed E-state index contributed by atoms with van der Waals surface area (Å²) in [7, 11) is 3.41. The molecule has 0 saturated heterocycles. The lowest BCUT2D eigenvalue weighted by atomic mass is 10.2. The largest absolute Gasteiger partial charge is 0.467 e. The maximum absolute atomic E-state index is 13.2. The molecule has 1 saturated carbocycles. The minimum absolute atomic E-state index is 0.0486. The first-order valence-electron chi connectivity index (χ1n) is 9.68. The van der Waals surface area contributed by atoms with E-state index in [2.05, 4.69) is 0 Å². The van der Waals surface area contributed by atoms with Crippen LogP contribution in [0.3, 0.4) is 0 Å². The third-order valence-corrected chi connectivity index (χ3v) is 5.01. The third-order valence-electron chi connectivity index (χ3n) is 5.01. The highest BCUT2D eigenvalue weighted by molar-refractivity contribution is 5.84. The number of carbonyl (C=O) groups is 2. The van der Waals surface area contributed by atoms with E-state index in [4.69, 9.17) is 13.9 Å². The van der Waals surface area contributed by atoms with Gasteiger partial charge in [0.2, 0.25) is 12.7 Å². The average Bonchev–Trinajstić information content (AvgIpc) is 3.21. The van der Waals surface area contributed by atoms with Gasteiger partial charge in [0.25, 0.3) is 0 Å². The number of ether oxygens (including phenoxy) is 2. The van der Waals surface area contributed by atoms with Gasteiger partial charge in [-0.15, -0.1) is 0 Å². The highest BCUT2D eigenvalue weighted by atomic mass is 16.7. The summed E-state index contributed by atoms with van der Waals surface area (Å²) in [6.07, 6.45) is 3.46. The Hall–Kier alpha value is -3.16. The van der Waals surface area contributed by atoms with Crippen LogP contribution in [0.1, 0.15) is 24.2 Å². The van der Waals surface area contributed by atoms with Crippen LogP contribution in [0.25, 0.3) is 0 Å². The highest BCUT2D eigenvalue weighted by Gasteiger charge is 2.35. The smallest absolute Gasteiger partial charge is 0.320 e. The summed E-state index contributed by atoms with van der Waals surface area (Å²) < 4.78 is 16.3. The minimum Gasteiger partial charge on any atom is -0.467 e. The topological polar surface area (TPSA) is 75.5 Å². The molecule has 1 aromatic carbocycles. The highest BCUT2D eigenvalue weighted by Crippen LogP contribution is 2.33. The standard InChI is InChI=1S/C21H25N3O5/c1-22(2)21(26)24(16-6-7-16)13-20(25)23(12-17-4-3-9-27-17)11-15-5-8-18-19(10-15)29-14-28-18/h3-5,8-10,16H,6-7,11-14H2,1-2H3. The molecule has 2 heterocycles. The van der Waals surface area contributed by atoms with Gasteiger partial charge >= 0.3 is 6.03 Å². The van der Waals surface area contributed by atoms with Crippen molar-refractivity contribution in [2.75, 3.05) is 27.4 Å². The monoisotopic (exact) mass is 399 g/mol. The van der Waals surface area contributed by atoms with E-state index in [1.807, 2.05) is 24.3 Å². The van der Waals surface area contributed by atoms with Crippen LogP contribution in [0, 0.1) is 0 Å². The van der Waals surface area contributed by atoms with Gasteiger partial charge in [-0.1, -0.05) is 6.07 Å². The number of nitrogens with zero attached hydrogens (tertiary/aromatic N) is 3. The maximum Gasteiger partial charge on any atom is 0.320 e. The molecule has 0 radical (unpaired) electrons. The molecule has 2 aromatic rings. The fourth-order valence-corrected chi connectivity index (χ4v) is 3.32. The number of rotatable bonds is 7. The first kappa shape index (κ1) is 19.2. The van der Waals surface area contributed by atoms with Crippen molar-refractivity contribution in [3.05, 3.63) is 47.9 Å². The molecule has 0 unspecified atom stereocenters. The van der Waals surface area contributed by atoms with Crippen molar-refractivity contribution in [3.8, 4) is 11.5 Å². The average molecular weight is 399 g/mol. The zero-order valence-corrected chi connectivity index (χ0v) is 16.7. The van der Waals surface area contributed by atoms with Crippen molar-refractivity contribution < 1.29 is 23.5 Å². The molecule has 29 heavy (non-hydrogen) atoms. The maximum atomic E-state index is 13.2. The molecular formula is C21H25N3O5. The predicted molar refractivity (Wildman–Crippen MR) is 104 cm³/mol. The zero-order chi connectivity index (χ0) is 20.4. The number of fused-ring (bicyclic) bond motifs is 1. The van der Waals surface area contributed by atoms with Gasteiger partial charge in [0.05, 0.1) is 12.8 Å². The minimum atomic E-state index is -0.137. The third kappa shape index (κ3) is 4.47. The molecule has 1 aromatic heterocycles. The Kier molecular flexibility index (Phi) is 5.33. The lowest BCUT2D eigenvalue weighted by Gasteiger charge is -2.29. The van der Waals surface area contributed by atoms with E-state index in [0.717, 1.165) is 18.4 Å². The molecule has 0 atom stereocenters.